The fraction of sp³-hybridized carbons (Fsp3) is 0.278. The Kier molecular flexibility index (Phi) is 5.97. The summed E-state index contributed by atoms with van der Waals surface area (Å²) < 4.78 is 1.06. The molecule has 0 aliphatic rings. The van der Waals surface area contributed by atoms with Crippen molar-refractivity contribution in [2.75, 3.05) is 18.9 Å². The first-order chi connectivity index (χ1) is 10.5. The molecule has 0 aliphatic heterocycles. The van der Waals surface area contributed by atoms with Gasteiger partial charge in [0.25, 0.3) is 5.91 Å². The van der Waals surface area contributed by atoms with Crippen LogP contribution in [0.15, 0.2) is 42.5 Å². The van der Waals surface area contributed by atoms with Gasteiger partial charge in [0.1, 0.15) is 6.54 Å². The van der Waals surface area contributed by atoms with Crippen LogP contribution in [-0.4, -0.2) is 19.5 Å². The number of carbonyl (C=O) groups excluding carboxylic acids is 1. The predicted molar refractivity (Wildman–Crippen MR) is 99.2 cm³/mol. The Morgan fingerprint density at radius 1 is 1.18 bits per heavy atom. The maximum absolute atomic E-state index is 12.2. The smallest absolute Gasteiger partial charge is 0.279 e. The van der Waals surface area contributed by atoms with Crippen molar-refractivity contribution in [1.29, 1.82) is 0 Å². The van der Waals surface area contributed by atoms with Gasteiger partial charge in [0.05, 0.1) is 12.7 Å². The van der Waals surface area contributed by atoms with E-state index in [2.05, 4.69) is 67.0 Å². The second-order valence-electron chi connectivity index (χ2n) is 5.77. The summed E-state index contributed by atoms with van der Waals surface area (Å²) in [4.78, 5) is 13.3. The topological polar surface area (TPSA) is 33.5 Å². The third-order valence-electron chi connectivity index (χ3n) is 3.60. The van der Waals surface area contributed by atoms with E-state index in [1.807, 2.05) is 24.3 Å². The van der Waals surface area contributed by atoms with E-state index in [1.165, 1.54) is 21.6 Å². The number of hydrogen-bond acceptors (Lipinski definition) is 1. The molecule has 116 valence electrons. The Balaban J connectivity index is 1.92. The molecule has 0 aromatic heterocycles. The molecule has 0 fully saturated rings. The fourth-order valence-electron chi connectivity index (χ4n) is 2.46. The van der Waals surface area contributed by atoms with Crippen LogP contribution in [-0.2, 0) is 11.3 Å². The molecule has 0 saturated heterocycles. The van der Waals surface area contributed by atoms with Crippen molar-refractivity contribution in [3.8, 4) is 0 Å². The highest BCUT2D eigenvalue weighted by atomic mass is 127. The van der Waals surface area contributed by atoms with Crippen molar-refractivity contribution < 1.29 is 9.69 Å². The Morgan fingerprint density at radius 2 is 1.91 bits per heavy atom. The van der Waals surface area contributed by atoms with Gasteiger partial charge in [0.2, 0.25) is 0 Å². The van der Waals surface area contributed by atoms with E-state index < -0.39 is 0 Å². The number of aryl methyl sites for hydroxylation is 2. The van der Waals surface area contributed by atoms with Gasteiger partial charge in [-0.25, -0.2) is 0 Å². The number of hydrogen-bond donors (Lipinski definition) is 2. The van der Waals surface area contributed by atoms with Gasteiger partial charge in [-0.3, -0.25) is 4.79 Å². The summed E-state index contributed by atoms with van der Waals surface area (Å²) in [5, 5.41) is 2.98. The molecule has 2 aromatic rings. The molecule has 22 heavy (non-hydrogen) atoms. The highest BCUT2D eigenvalue weighted by molar-refractivity contribution is 14.1. The van der Waals surface area contributed by atoms with Gasteiger partial charge < -0.3 is 10.2 Å². The van der Waals surface area contributed by atoms with Crippen LogP contribution < -0.4 is 10.2 Å². The highest BCUT2D eigenvalue weighted by Gasteiger charge is 2.13. The van der Waals surface area contributed by atoms with E-state index in [0.29, 0.717) is 6.54 Å². The number of anilines is 1. The summed E-state index contributed by atoms with van der Waals surface area (Å²) in [5.41, 5.74) is 4.74. The van der Waals surface area contributed by atoms with Crippen molar-refractivity contribution in [3.63, 3.8) is 0 Å². The fourth-order valence-corrected chi connectivity index (χ4v) is 2.99. The van der Waals surface area contributed by atoms with Gasteiger partial charge in [-0.1, -0.05) is 35.9 Å². The third kappa shape index (κ3) is 4.81. The molecule has 1 atom stereocenters. The molecule has 0 spiro atoms. The minimum absolute atomic E-state index is 0.0476. The van der Waals surface area contributed by atoms with E-state index in [-0.39, 0.29) is 5.91 Å². The van der Waals surface area contributed by atoms with Crippen LogP contribution in [0.25, 0.3) is 0 Å². The lowest BCUT2D eigenvalue weighted by atomic mass is 10.1. The van der Waals surface area contributed by atoms with E-state index in [4.69, 9.17) is 0 Å². The molecular weight excluding hydrogens is 387 g/mol. The van der Waals surface area contributed by atoms with Crippen LogP contribution >= 0.6 is 22.6 Å². The van der Waals surface area contributed by atoms with Crippen LogP contribution in [0.1, 0.15) is 16.7 Å². The van der Waals surface area contributed by atoms with Crippen LogP contribution in [0.3, 0.4) is 0 Å². The maximum Gasteiger partial charge on any atom is 0.279 e. The van der Waals surface area contributed by atoms with Gasteiger partial charge in [-0.15, -0.1) is 0 Å². The second-order valence-corrected chi connectivity index (χ2v) is 6.93. The zero-order chi connectivity index (χ0) is 16.1. The normalized spacial score (nSPS) is 12.0. The molecule has 1 amide bonds. The number of rotatable bonds is 5. The zero-order valence-electron chi connectivity index (χ0n) is 13.2. The molecule has 0 saturated carbocycles. The molecule has 2 N–H and O–H groups in total. The van der Waals surface area contributed by atoms with Crippen molar-refractivity contribution in [2.45, 2.75) is 20.4 Å². The maximum atomic E-state index is 12.2. The summed E-state index contributed by atoms with van der Waals surface area (Å²) in [5.74, 6) is 0.0476. The summed E-state index contributed by atoms with van der Waals surface area (Å²) in [6.45, 7) is 5.54. The number of amides is 1. The molecule has 4 heteroatoms. The minimum Gasteiger partial charge on any atom is -0.326 e. The van der Waals surface area contributed by atoms with Crippen molar-refractivity contribution >= 4 is 34.2 Å². The first-order valence-corrected chi connectivity index (χ1v) is 8.45. The Hall–Kier alpha value is -1.40. The van der Waals surface area contributed by atoms with Crippen LogP contribution in [0.2, 0.25) is 0 Å². The Morgan fingerprint density at radius 3 is 2.59 bits per heavy atom. The largest absolute Gasteiger partial charge is 0.326 e. The van der Waals surface area contributed by atoms with Gasteiger partial charge in [0.15, 0.2) is 6.54 Å². The molecule has 0 bridgehead atoms. The van der Waals surface area contributed by atoms with E-state index in [9.17, 15) is 4.79 Å². The number of nitrogens with one attached hydrogen (secondary N) is 2. The Labute approximate surface area is 145 Å². The van der Waals surface area contributed by atoms with Crippen molar-refractivity contribution in [3.05, 3.63) is 62.7 Å². The van der Waals surface area contributed by atoms with E-state index in [1.54, 1.807) is 0 Å². The number of carbonyl (C=O) groups is 1. The lowest BCUT2D eigenvalue weighted by Gasteiger charge is -2.16. The van der Waals surface area contributed by atoms with Crippen LogP contribution in [0, 0.1) is 17.4 Å². The van der Waals surface area contributed by atoms with Crippen molar-refractivity contribution in [1.82, 2.24) is 0 Å². The molecule has 3 nitrogen and oxygen atoms in total. The third-order valence-corrected chi connectivity index (χ3v) is 4.54. The van der Waals surface area contributed by atoms with Crippen molar-refractivity contribution in [2.24, 2.45) is 0 Å². The Bertz CT molecular complexity index is 670. The average molecular weight is 409 g/mol. The molecule has 2 rings (SSSR count). The summed E-state index contributed by atoms with van der Waals surface area (Å²) in [6, 6.07) is 14.3. The quantitative estimate of drug-likeness (QED) is 0.732. The lowest BCUT2D eigenvalue weighted by Crippen LogP contribution is -3.08. The van der Waals surface area contributed by atoms with Crippen LogP contribution in [0.4, 0.5) is 5.69 Å². The number of para-hydroxylation sites is 1. The minimum atomic E-state index is 0.0476. The molecule has 2 aromatic carbocycles. The first-order valence-electron chi connectivity index (χ1n) is 7.37. The lowest BCUT2D eigenvalue weighted by molar-refractivity contribution is -0.885. The van der Waals surface area contributed by atoms with Crippen LogP contribution in [0.5, 0.6) is 0 Å². The standard InChI is InChI=1S/C18H21IN2O/c1-13-8-9-15(14(2)10-13)11-21(3)12-18(22)20-17-7-5-4-6-16(17)19/h4-10H,11-12H2,1-3H3,(H,20,22)/p+1. The van der Waals surface area contributed by atoms with Gasteiger partial charge in [-0.2, -0.15) is 0 Å². The molecule has 1 unspecified atom stereocenters. The number of halogens is 1. The molecule has 0 heterocycles. The first kappa shape index (κ1) is 17.0. The van der Waals surface area contributed by atoms with Gasteiger partial charge >= 0.3 is 0 Å². The second kappa shape index (κ2) is 7.74. The zero-order valence-corrected chi connectivity index (χ0v) is 15.4. The highest BCUT2D eigenvalue weighted by Crippen LogP contribution is 2.16. The predicted octanol–water partition coefficient (Wildman–Crippen LogP) is 2.56. The SMILES string of the molecule is Cc1ccc(C[NH+](C)CC(=O)Nc2ccccc2I)c(C)c1. The number of quaternary nitrogens is 1. The van der Waals surface area contributed by atoms with Gasteiger partial charge in [-0.05, 0) is 54.1 Å². The molecule has 0 radical (unpaired) electrons. The molecule has 0 aliphatic carbocycles. The van der Waals surface area contributed by atoms with E-state index in [0.717, 1.165) is 15.8 Å². The van der Waals surface area contributed by atoms with Gasteiger partial charge in [0, 0.05) is 9.13 Å². The molecular formula is C18H22IN2O+. The monoisotopic (exact) mass is 409 g/mol. The van der Waals surface area contributed by atoms with E-state index >= 15 is 0 Å². The summed E-state index contributed by atoms with van der Waals surface area (Å²) in [7, 11) is 2.05. The summed E-state index contributed by atoms with van der Waals surface area (Å²) in [6.07, 6.45) is 0. The summed E-state index contributed by atoms with van der Waals surface area (Å²) >= 11 is 2.23. The average Bonchev–Trinajstić information content (AvgIpc) is 2.44. The number of benzene rings is 2. The number of likely N-dealkylation sites (N-methyl/N-ethyl adjacent to an activating group) is 1.